The van der Waals surface area contributed by atoms with Crippen molar-refractivity contribution in [1.29, 1.82) is 0 Å². The Hall–Kier alpha value is -2.12. The van der Waals surface area contributed by atoms with Crippen molar-refractivity contribution < 1.29 is 28.9 Å². The van der Waals surface area contributed by atoms with E-state index >= 15 is 0 Å². The van der Waals surface area contributed by atoms with Crippen LogP contribution in [-0.2, 0) is 25.6 Å². The van der Waals surface area contributed by atoms with Crippen LogP contribution in [0.4, 0.5) is 4.79 Å². The van der Waals surface area contributed by atoms with Gasteiger partial charge < -0.3 is 19.3 Å². The average molecular weight is 311 g/mol. The van der Waals surface area contributed by atoms with Gasteiger partial charge >= 0.3 is 12.1 Å². The molecule has 0 aromatic heterocycles. The van der Waals surface area contributed by atoms with E-state index in [0.717, 1.165) is 10.5 Å². The molecule has 7 nitrogen and oxygen atoms in total. The van der Waals surface area contributed by atoms with Crippen LogP contribution in [0.3, 0.4) is 0 Å². The van der Waals surface area contributed by atoms with E-state index in [0.29, 0.717) is 0 Å². The second-order valence-corrected chi connectivity index (χ2v) is 4.61. The Labute approximate surface area is 129 Å². The molecular weight excluding hydrogens is 290 g/mol. The normalized spacial score (nSPS) is 12.0. The summed E-state index contributed by atoms with van der Waals surface area (Å²) >= 11 is 0. The molecule has 0 fully saturated rings. The topological polar surface area (TPSA) is 85.3 Å². The molecule has 0 spiro atoms. The molecule has 1 N–H and O–H groups in total. The highest BCUT2D eigenvalue weighted by Crippen LogP contribution is 2.09. The molecular formula is C15H21NO6. The molecule has 0 radical (unpaired) electrons. The first-order chi connectivity index (χ1) is 10.5. The van der Waals surface area contributed by atoms with E-state index < -0.39 is 24.4 Å². The number of aliphatic carboxylic acids is 1. The predicted molar refractivity (Wildman–Crippen MR) is 78.2 cm³/mol. The minimum atomic E-state index is -1.14. The van der Waals surface area contributed by atoms with Gasteiger partial charge in [-0.15, -0.1) is 0 Å². The SMILES string of the molecule is COC(CN(C(=O)OCc1ccccc1)[C@@H](C)C(=O)O)OC. The number of benzene rings is 1. The average Bonchev–Trinajstić information content (AvgIpc) is 2.54. The molecule has 1 atom stereocenters. The maximum Gasteiger partial charge on any atom is 0.411 e. The number of ether oxygens (including phenoxy) is 3. The summed E-state index contributed by atoms with van der Waals surface area (Å²) in [6.45, 7) is 1.41. The van der Waals surface area contributed by atoms with Crippen LogP contribution in [-0.4, -0.2) is 55.2 Å². The Bertz CT molecular complexity index is 474. The van der Waals surface area contributed by atoms with Crippen molar-refractivity contribution in [3.63, 3.8) is 0 Å². The molecule has 0 heterocycles. The summed E-state index contributed by atoms with van der Waals surface area (Å²) in [5.74, 6) is -1.14. The minimum Gasteiger partial charge on any atom is -0.480 e. The molecule has 0 bridgehead atoms. The molecule has 0 saturated carbocycles. The number of hydrogen-bond donors (Lipinski definition) is 1. The molecule has 0 aliphatic heterocycles. The molecule has 0 aliphatic rings. The lowest BCUT2D eigenvalue weighted by Crippen LogP contribution is -2.47. The van der Waals surface area contributed by atoms with E-state index in [1.807, 2.05) is 30.3 Å². The zero-order chi connectivity index (χ0) is 16.5. The van der Waals surface area contributed by atoms with Crippen LogP contribution in [0, 0.1) is 0 Å². The number of methoxy groups -OCH3 is 2. The number of rotatable bonds is 8. The van der Waals surface area contributed by atoms with Crippen LogP contribution >= 0.6 is 0 Å². The number of carbonyl (C=O) groups is 2. The van der Waals surface area contributed by atoms with E-state index in [-0.39, 0.29) is 13.2 Å². The zero-order valence-corrected chi connectivity index (χ0v) is 12.9. The van der Waals surface area contributed by atoms with Gasteiger partial charge in [-0.2, -0.15) is 0 Å². The molecule has 122 valence electrons. The summed E-state index contributed by atoms with van der Waals surface area (Å²) in [4.78, 5) is 24.4. The fraction of sp³-hybridized carbons (Fsp3) is 0.467. The van der Waals surface area contributed by atoms with Crippen molar-refractivity contribution in [3.8, 4) is 0 Å². The fourth-order valence-electron chi connectivity index (χ4n) is 1.73. The monoisotopic (exact) mass is 311 g/mol. The van der Waals surface area contributed by atoms with Crippen LogP contribution < -0.4 is 0 Å². The van der Waals surface area contributed by atoms with E-state index in [4.69, 9.17) is 19.3 Å². The van der Waals surface area contributed by atoms with Crippen LogP contribution in [0.5, 0.6) is 0 Å². The maximum absolute atomic E-state index is 12.2. The van der Waals surface area contributed by atoms with Gasteiger partial charge in [-0.25, -0.2) is 9.59 Å². The van der Waals surface area contributed by atoms with Crippen LogP contribution in [0.2, 0.25) is 0 Å². The number of carboxylic acid groups (broad SMARTS) is 1. The van der Waals surface area contributed by atoms with E-state index in [2.05, 4.69) is 0 Å². The fourth-order valence-corrected chi connectivity index (χ4v) is 1.73. The summed E-state index contributed by atoms with van der Waals surface area (Å²) in [7, 11) is 2.82. The van der Waals surface area contributed by atoms with E-state index in [9.17, 15) is 9.59 Å². The Morgan fingerprint density at radius 3 is 2.27 bits per heavy atom. The third-order valence-corrected chi connectivity index (χ3v) is 3.14. The third-order valence-electron chi connectivity index (χ3n) is 3.14. The molecule has 0 aliphatic carbocycles. The van der Waals surface area contributed by atoms with Crippen molar-refractivity contribution in [2.75, 3.05) is 20.8 Å². The van der Waals surface area contributed by atoms with Gasteiger partial charge in [-0.1, -0.05) is 30.3 Å². The third kappa shape index (κ3) is 5.34. The summed E-state index contributed by atoms with van der Waals surface area (Å²) in [6, 6.07) is 8.07. The van der Waals surface area contributed by atoms with Crippen molar-refractivity contribution in [2.24, 2.45) is 0 Å². The summed E-state index contributed by atoms with van der Waals surface area (Å²) in [5.41, 5.74) is 0.814. The van der Waals surface area contributed by atoms with Gasteiger partial charge in [0.1, 0.15) is 12.6 Å². The minimum absolute atomic E-state index is 0.0475. The molecule has 22 heavy (non-hydrogen) atoms. The highest BCUT2D eigenvalue weighted by atomic mass is 16.7. The molecule has 0 saturated heterocycles. The Morgan fingerprint density at radius 2 is 1.77 bits per heavy atom. The van der Waals surface area contributed by atoms with Gasteiger partial charge in [0, 0.05) is 14.2 Å². The highest BCUT2D eigenvalue weighted by molar-refractivity contribution is 5.79. The van der Waals surface area contributed by atoms with Gasteiger partial charge in [0.15, 0.2) is 6.29 Å². The molecule has 1 amide bonds. The van der Waals surface area contributed by atoms with Crippen molar-refractivity contribution in [1.82, 2.24) is 4.90 Å². The van der Waals surface area contributed by atoms with Crippen molar-refractivity contribution in [3.05, 3.63) is 35.9 Å². The van der Waals surface area contributed by atoms with Crippen LogP contribution in [0.15, 0.2) is 30.3 Å². The molecule has 0 unspecified atom stereocenters. The maximum atomic E-state index is 12.2. The Morgan fingerprint density at radius 1 is 1.18 bits per heavy atom. The molecule has 1 aromatic carbocycles. The van der Waals surface area contributed by atoms with Gasteiger partial charge in [0.05, 0.1) is 6.54 Å². The first-order valence-electron chi connectivity index (χ1n) is 6.75. The summed E-state index contributed by atoms with van der Waals surface area (Å²) in [6.07, 6.45) is -1.47. The lowest BCUT2D eigenvalue weighted by Gasteiger charge is -2.28. The lowest BCUT2D eigenvalue weighted by atomic mass is 10.2. The number of carboxylic acids is 1. The number of amides is 1. The standard InChI is InChI=1S/C15H21NO6/c1-11(14(17)18)16(9-13(20-2)21-3)15(19)22-10-12-7-5-4-6-8-12/h4-8,11,13H,9-10H2,1-3H3,(H,17,18)/t11-/m0/s1. The molecule has 1 rings (SSSR count). The van der Waals surface area contributed by atoms with E-state index in [1.165, 1.54) is 21.1 Å². The largest absolute Gasteiger partial charge is 0.480 e. The van der Waals surface area contributed by atoms with Gasteiger partial charge in [0.25, 0.3) is 0 Å². The first kappa shape index (κ1) is 17.9. The number of hydrogen-bond acceptors (Lipinski definition) is 5. The summed E-state index contributed by atoms with van der Waals surface area (Å²) in [5, 5.41) is 9.11. The highest BCUT2D eigenvalue weighted by Gasteiger charge is 2.29. The van der Waals surface area contributed by atoms with Crippen molar-refractivity contribution in [2.45, 2.75) is 25.9 Å². The first-order valence-corrected chi connectivity index (χ1v) is 6.75. The van der Waals surface area contributed by atoms with Gasteiger partial charge in [0.2, 0.25) is 0 Å². The van der Waals surface area contributed by atoms with Gasteiger partial charge in [-0.3, -0.25) is 4.90 Å². The number of carbonyl (C=O) groups excluding carboxylic acids is 1. The van der Waals surface area contributed by atoms with Crippen LogP contribution in [0.1, 0.15) is 12.5 Å². The number of nitrogens with zero attached hydrogens (tertiary/aromatic N) is 1. The second kappa shape index (κ2) is 9.01. The van der Waals surface area contributed by atoms with Gasteiger partial charge in [-0.05, 0) is 12.5 Å². The van der Waals surface area contributed by atoms with Crippen molar-refractivity contribution >= 4 is 12.1 Å². The smallest absolute Gasteiger partial charge is 0.411 e. The van der Waals surface area contributed by atoms with E-state index in [1.54, 1.807) is 0 Å². The molecule has 7 heteroatoms. The Balaban J connectivity index is 2.72. The lowest BCUT2D eigenvalue weighted by molar-refractivity contribution is -0.147. The molecule has 1 aromatic rings. The second-order valence-electron chi connectivity index (χ2n) is 4.61. The Kier molecular flexibility index (Phi) is 7.34. The summed E-state index contributed by atoms with van der Waals surface area (Å²) < 4.78 is 15.2. The quantitative estimate of drug-likeness (QED) is 0.736. The predicted octanol–water partition coefficient (Wildman–Crippen LogP) is 1.72. The zero-order valence-electron chi connectivity index (χ0n) is 12.9. The van der Waals surface area contributed by atoms with Crippen LogP contribution in [0.25, 0.3) is 0 Å².